The molecular weight excluding hydrogens is 212 g/mol. The Balaban J connectivity index is 2.28. The van der Waals surface area contributed by atoms with E-state index in [1.165, 1.54) is 0 Å². The van der Waals surface area contributed by atoms with Gasteiger partial charge in [0, 0.05) is 5.92 Å². The van der Waals surface area contributed by atoms with Crippen LogP contribution in [0.4, 0.5) is 0 Å². The predicted octanol–water partition coefficient (Wildman–Crippen LogP) is 0.730. The Morgan fingerprint density at radius 1 is 1.44 bits per heavy atom. The van der Waals surface area contributed by atoms with E-state index in [2.05, 4.69) is 0 Å². The summed E-state index contributed by atoms with van der Waals surface area (Å²) in [6.45, 7) is 1.81. The highest BCUT2D eigenvalue weighted by molar-refractivity contribution is 6.48. The van der Waals surface area contributed by atoms with Crippen LogP contribution in [-0.2, 0) is 23.9 Å². The third-order valence-electron chi connectivity index (χ3n) is 2.82. The molecule has 1 aliphatic heterocycles. The number of hydrogen-bond acceptors (Lipinski definition) is 5. The smallest absolute Gasteiger partial charge is 0.385 e. The van der Waals surface area contributed by atoms with Crippen molar-refractivity contribution < 1.29 is 23.9 Å². The fourth-order valence-electron chi connectivity index (χ4n) is 1.77. The summed E-state index contributed by atoms with van der Waals surface area (Å²) in [6.07, 6.45) is 2.72. The van der Waals surface area contributed by atoms with E-state index in [0.717, 1.165) is 19.3 Å². The molecule has 5 heteroatoms. The van der Waals surface area contributed by atoms with Crippen LogP contribution < -0.4 is 0 Å². The topological polar surface area (TPSA) is 69.7 Å². The SMILES string of the molecule is CCOC(=O)C1=C(C2CCC2)OC(=O)C1=O. The lowest BCUT2D eigenvalue weighted by Crippen LogP contribution is -2.20. The minimum absolute atomic E-state index is 0.0230. The zero-order chi connectivity index (χ0) is 11.7. The number of carbonyl (C=O) groups excluding carboxylic acids is 3. The summed E-state index contributed by atoms with van der Waals surface area (Å²) in [5.41, 5.74) is -0.198. The van der Waals surface area contributed by atoms with Crippen molar-refractivity contribution in [1.29, 1.82) is 0 Å². The normalized spacial score (nSPS) is 20.8. The molecule has 1 saturated carbocycles. The third-order valence-corrected chi connectivity index (χ3v) is 2.82. The van der Waals surface area contributed by atoms with Gasteiger partial charge in [0.15, 0.2) is 5.57 Å². The molecule has 2 rings (SSSR count). The van der Waals surface area contributed by atoms with Gasteiger partial charge in [-0.25, -0.2) is 9.59 Å². The number of esters is 2. The highest BCUT2D eigenvalue weighted by Crippen LogP contribution is 2.38. The Hall–Kier alpha value is -1.65. The third kappa shape index (κ3) is 1.62. The first-order valence-corrected chi connectivity index (χ1v) is 5.33. The van der Waals surface area contributed by atoms with Gasteiger partial charge in [0.2, 0.25) is 0 Å². The van der Waals surface area contributed by atoms with Crippen LogP contribution in [0.3, 0.4) is 0 Å². The van der Waals surface area contributed by atoms with Crippen LogP contribution in [0, 0.1) is 5.92 Å². The van der Waals surface area contributed by atoms with Gasteiger partial charge in [0.05, 0.1) is 6.61 Å². The maximum absolute atomic E-state index is 11.5. The summed E-state index contributed by atoms with van der Waals surface area (Å²) in [7, 11) is 0. The first-order chi connectivity index (χ1) is 7.65. The number of cyclic esters (lactones) is 1. The van der Waals surface area contributed by atoms with E-state index in [4.69, 9.17) is 9.47 Å². The quantitative estimate of drug-likeness (QED) is 0.401. The van der Waals surface area contributed by atoms with Gasteiger partial charge in [-0.3, -0.25) is 4.79 Å². The van der Waals surface area contributed by atoms with E-state index in [9.17, 15) is 14.4 Å². The van der Waals surface area contributed by atoms with Crippen molar-refractivity contribution >= 4 is 17.7 Å². The molecule has 0 aromatic heterocycles. The molecule has 5 nitrogen and oxygen atoms in total. The molecule has 0 bridgehead atoms. The van der Waals surface area contributed by atoms with Crippen LogP contribution in [0.25, 0.3) is 0 Å². The van der Waals surface area contributed by atoms with Crippen molar-refractivity contribution in [2.75, 3.05) is 6.61 Å². The number of rotatable bonds is 3. The second-order valence-corrected chi connectivity index (χ2v) is 3.81. The van der Waals surface area contributed by atoms with Crippen LogP contribution in [0.15, 0.2) is 11.3 Å². The highest BCUT2D eigenvalue weighted by Gasteiger charge is 2.43. The molecule has 1 fully saturated rings. The molecular formula is C11H12O5. The molecule has 0 unspecified atom stereocenters. The molecule has 1 heterocycles. The first kappa shape index (κ1) is 10.9. The summed E-state index contributed by atoms with van der Waals surface area (Å²) in [5.74, 6) is -2.35. The molecule has 0 aromatic carbocycles. The van der Waals surface area contributed by atoms with E-state index in [-0.39, 0.29) is 23.9 Å². The monoisotopic (exact) mass is 224 g/mol. The molecule has 16 heavy (non-hydrogen) atoms. The average Bonchev–Trinajstić information content (AvgIpc) is 2.41. The fraction of sp³-hybridized carbons (Fsp3) is 0.545. The maximum atomic E-state index is 11.5. The number of ketones is 1. The minimum atomic E-state index is -0.968. The first-order valence-electron chi connectivity index (χ1n) is 5.33. The van der Waals surface area contributed by atoms with Gasteiger partial charge in [0.1, 0.15) is 5.76 Å². The lowest BCUT2D eigenvalue weighted by Gasteiger charge is -2.25. The van der Waals surface area contributed by atoms with E-state index >= 15 is 0 Å². The van der Waals surface area contributed by atoms with Crippen LogP contribution in [0.1, 0.15) is 26.2 Å². The van der Waals surface area contributed by atoms with Gasteiger partial charge in [-0.2, -0.15) is 0 Å². The largest absolute Gasteiger partial charge is 0.462 e. The van der Waals surface area contributed by atoms with E-state index in [1.807, 2.05) is 0 Å². The van der Waals surface area contributed by atoms with Crippen molar-refractivity contribution in [2.45, 2.75) is 26.2 Å². The number of carbonyl (C=O) groups is 3. The van der Waals surface area contributed by atoms with Gasteiger partial charge in [-0.05, 0) is 19.8 Å². The minimum Gasteiger partial charge on any atom is -0.462 e. The Bertz CT molecular complexity index is 389. The average molecular weight is 224 g/mol. The van der Waals surface area contributed by atoms with E-state index in [0.29, 0.717) is 0 Å². The van der Waals surface area contributed by atoms with Crippen LogP contribution in [0.5, 0.6) is 0 Å². The van der Waals surface area contributed by atoms with Crippen molar-refractivity contribution in [3.05, 3.63) is 11.3 Å². The zero-order valence-electron chi connectivity index (χ0n) is 8.95. The standard InChI is InChI=1S/C11H12O5/c1-2-15-10(13)7-8(12)11(14)16-9(7)6-4-3-5-6/h6H,2-5H2,1H3. The van der Waals surface area contributed by atoms with Gasteiger partial charge in [0.25, 0.3) is 5.78 Å². The van der Waals surface area contributed by atoms with Crippen molar-refractivity contribution in [1.82, 2.24) is 0 Å². The number of hydrogen-bond donors (Lipinski definition) is 0. The number of ether oxygens (including phenoxy) is 2. The van der Waals surface area contributed by atoms with Gasteiger partial charge in [-0.1, -0.05) is 6.42 Å². The highest BCUT2D eigenvalue weighted by atomic mass is 16.6. The lowest BCUT2D eigenvalue weighted by molar-refractivity contribution is -0.148. The van der Waals surface area contributed by atoms with Crippen LogP contribution in [-0.4, -0.2) is 24.3 Å². The summed E-state index contributed by atoms with van der Waals surface area (Å²) in [5, 5.41) is 0. The van der Waals surface area contributed by atoms with Crippen LogP contribution >= 0.6 is 0 Å². The molecule has 0 saturated heterocycles. The maximum Gasteiger partial charge on any atom is 0.385 e. The molecule has 0 atom stereocenters. The van der Waals surface area contributed by atoms with Gasteiger partial charge < -0.3 is 9.47 Å². The number of Topliss-reactive ketones (excluding diaryl/α,β-unsaturated/α-hetero) is 1. The fourth-order valence-corrected chi connectivity index (χ4v) is 1.77. The van der Waals surface area contributed by atoms with Crippen molar-refractivity contribution in [3.63, 3.8) is 0 Å². The van der Waals surface area contributed by atoms with Crippen molar-refractivity contribution in [2.24, 2.45) is 5.92 Å². The second-order valence-electron chi connectivity index (χ2n) is 3.81. The molecule has 0 aromatic rings. The Kier molecular flexibility index (Phi) is 2.77. The summed E-state index contributed by atoms with van der Waals surface area (Å²) < 4.78 is 9.59. The lowest BCUT2D eigenvalue weighted by atomic mass is 9.82. The molecule has 2 aliphatic rings. The van der Waals surface area contributed by atoms with Gasteiger partial charge in [-0.15, -0.1) is 0 Å². The van der Waals surface area contributed by atoms with E-state index < -0.39 is 17.7 Å². The Morgan fingerprint density at radius 3 is 2.62 bits per heavy atom. The summed E-state index contributed by atoms with van der Waals surface area (Å²) >= 11 is 0. The van der Waals surface area contributed by atoms with Gasteiger partial charge >= 0.3 is 11.9 Å². The Labute approximate surface area is 92.4 Å². The predicted molar refractivity (Wildman–Crippen MR) is 52.1 cm³/mol. The second kappa shape index (κ2) is 4.08. The van der Waals surface area contributed by atoms with Crippen LogP contribution in [0.2, 0.25) is 0 Å². The van der Waals surface area contributed by atoms with Crippen molar-refractivity contribution in [3.8, 4) is 0 Å². The molecule has 86 valence electrons. The Morgan fingerprint density at radius 2 is 2.12 bits per heavy atom. The molecule has 0 radical (unpaired) electrons. The summed E-state index contributed by atoms with van der Waals surface area (Å²) in [6, 6.07) is 0. The molecule has 0 spiro atoms. The molecule has 1 aliphatic carbocycles. The molecule has 0 amide bonds. The molecule has 0 N–H and O–H groups in total. The summed E-state index contributed by atoms with van der Waals surface area (Å²) in [4.78, 5) is 34.1. The van der Waals surface area contributed by atoms with E-state index in [1.54, 1.807) is 6.92 Å². The number of allylic oxidation sites excluding steroid dienone is 1. The zero-order valence-corrected chi connectivity index (χ0v) is 8.95.